The largest absolute Gasteiger partial charge is 0.328 e. The van der Waals surface area contributed by atoms with Crippen molar-refractivity contribution in [3.8, 4) is 0 Å². The lowest BCUT2D eigenvalue weighted by Crippen LogP contribution is -2.46. The monoisotopic (exact) mass is 260 g/mol. The van der Waals surface area contributed by atoms with Crippen LogP contribution in [0.5, 0.6) is 0 Å². The number of piperidine rings is 1. The van der Waals surface area contributed by atoms with Crippen LogP contribution in [0.4, 0.5) is 0 Å². The number of rotatable bonds is 5. The average molecular weight is 260 g/mol. The van der Waals surface area contributed by atoms with E-state index in [2.05, 4.69) is 49.1 Å². The SMILES string of the molecule is CC(C)CC(Cc1ccccc1)N1CCC(N)CC1. The lowest BCUT2D eigenvalue weighted by Gasteiger charge is -2.37. The fourth-order valence-corrected chi connectivity index (χ4v) is 3.08. The highest BCUT2D eigenvalue weighted by atomic mass is 15.2. The van der Waals surface area contributed by atoms with Gasteiger partial charge in [-0.25, -0.2) is 0 Å². The van der Waals surface area contributed by atoms with Gasteiger partial charge in [0.25, 0.3) is 0 Å². The molecular formula is C17H28N2. The summed E-state index contributed by atoms with van der Waals surface area (Å²) in [5, 5.41) is 0. The summed E-state index contributed by atoms with van der Waals surface area (Å²) in [6, 6.07) is 12.0. The smallest absolute Gasteiger partial charge is 0.0138 e. The zero-order valence-electron chi connectivity index (χ0n) is 12.4. The van der Waals surface area contributed by atoms with E-state index in [1.165, 1.54) is 31.5 Å². The second kappa shape index (κ2) is 7.06. The number of nitrogens with zero attached hydrogens (tertiary/aromatic N) is 1. The Morgan fingerprint density at radius 1 is 1.16 bits per heavy atom. The van der Waals surface area contributed by atoms with Gasteiger partial charge in [-0.3, -0.25) is 4.90 Å². The Kier molecular flexibility index (Phi) is 5.41. The third-order valence-corrected chi connectivity index (χ3v) is 4.15. The van der Waals surface area contributed by atoms with E-state index in [9.17, 15) is 0 Å². The van der Waals surface area contributed by atoms with Gasteiger partial charge in [0.2, 0.25) is 0 Å². The van der Waals surface area contributed by atoms with E-state index in [1.54, 1.807) is 0 Å². The van der Waals surface area contributed by atoms with Crippen LogP contribution in [0.1, 0.15) is 38.7 Å². The quantitative estimate of drug-likeness (QED) is 0.881. The Balaban J connectivity index is 1.99. The first kappa shape index (κ1) is 14.5. The van der Waals surface area contributed by atoms with Gasteiger partial charge >= 0.3 is 0 Å². The summed E-state index contributed by atoms with van der Waals surface area (Å²) in [7, 11) is 0. The molecule has 1 aliphatic rings. The molecule has 2 N–H and O–H groups in total. The summed E-state index contributed by atoms with van der Waals surface area (Å²) in [5.74, 6) is 0.754. The zero-order valence-corrected chi connectivity index (χ0v) is 12.4. The van der Waals surface area contributed by atoms with Crippen molar-refractivity contribution in [2.75, 3.05) is 13.1 Å². The highest BCUT2D eigenvalue weighted by molar-refractivity contribution is 5.16. The normalized spacial score (nSPS) is 19.8. The van der Waals surface area contributed by atoms with Gasteiger partial charge in [-0.1, -0.05) is 44.2 Å². The van der Waals surface area contributed by atoms with E-state index < -0.39 is 0 Å². The van der Waals surface area contributed by atoms with E-state index >= 15 is 0 Å². The van der Waals surface area contributed by atoms with Crippen LogP contribution in [0, 0.1) is 5.92 Å². The van der Waals surface area contributed by atoms with Crippen LogP contribution in [0.15, 0.2) is 30.3 Å². The molecule has 1 fully saturated rings. The second-order valence-corrected chi connectivity index (χ2v) is 6.35. The number of hydrogen-bond donors (Lipinski definition) is 1. The molecule has 0 aliphatic carbocycles. The predicted octanol–water partition coefficient (Wildman–Crippen LogP) is 3.07. The van der Waals surface area contributed by atoms with Crippen molar-refractivity contribution >= 4 is 0 Å². The third kappa shape index (κ3) is 4.63. The summed E-state index contributed by atoms with van der Waals surface area (Å²) in [4.78, 5) is 2.66. The second-order valence-electron chi connectivity index (χ2n) is 6.35. The Labute approximate surface area is 118 Å². The van der Waals surface area contributed by atoms with Crippen LogP contribution in [0.3, 0.4) is 0 Å². The van der Waals surface area contributed by atoms with E-state index in [0.717, 1.165) is 18.8 Å². The maximum Gasteiger partial charge on any atom is 0.0138 e. The van der Waals surface area contributed by atoms with Crippen molar-refractivity contribution in [2.24, 2.45) is 11.7 Å². The number of likely N-dealkylation sites (tertiary alicyclic amines) is 1. The van der Waals surface area contributed by atoms with Crippen molar-refractivity contribution in [3.63, 3.8) is 0 Å². The van der Waals surface area contributed by atoms with Crippen LogP contribution < -0.4 is 5.73 Å². The van der Waals surface area contributed by atoms with Crippen molar-refractivity contribution in [2.45, 2.75) is 51.6 Å². The summed E-state index contributed by atoms with van der Waals surface area (Å²) >= 11 is 0. The molecule has 0 aromatic heterocycles. The van der Waals surface area contributed by atoms with Gasteiger partial charge in [-0.15, -0.1) is 0 Å². The van der Waals surface area contributed by atoms with Crippen LogP contribution in [0.25, 0.3) is 0 Å². The van der Waals surface area contributed by atoms with Gasteiger partial charge in [-0.2, -0.15) is 0 Å². The molecule has 2 heteroatoms. The van der Waals surface area contributed by atoms with Gasteiger partial charge in [-0.05, 0) is 50.3 Å². The average Bonchev–Trinajstić information content (AvgIpc) is 2.39. The molecule has 0 spiro atoms. The lowest BCUT2D eigenvalue weighted by atomic mass is 9.93. The number of nitrogens with two attached hydrogens (primary N) is 1. The fraction of sp³-hybridized carbons (Fsp3) is 0.647. The van der Waals surface area contributed by atoms with E-state index in [4.69, 9.17) is 5.73 Å². The molecule has 1 atom stereocenters. The van der Waals surface area contributed by atoms with Crippen molar-refractivity contribution < 1.29 is 0 Å². The minimum atomic E-state index is 0.424. The molecule has 0 radical (unpaired) electrons. The maximum atomic E-state index is 6.02. The fourth-order valence-electron chi connectivity index (χ4n) is 3.08. The minimum Gasteiger partial charge on any atom is -0.328 e. The Morgan fingerprint density at radius 3 is 2.37 bits per heavy atom. The zero-order chi connectivity index (χ0) is 13.7. The molecule has 0 saturated carbocycles. The molecule has 19 heavy (non-hydrogen) atoms. The number of hydrogen-bond acceptors (Lipinski definition) is 2. The van der Waals surface area contributed by atoms with Gasteiger partial charge < -0.3 is 5.73 Å². The highest BCUT2D eigenvalue weighted by Gasteiger charge is 2.24. The van der Waals surface area contributed by atoms with Crippen molar-refractivity contribution in [1.82, 2.24) is 4.90 Å². The molecule has 1 aromatic carbocycles. The predicted molar refractivity (Wildman–Crippen MR) is 82.2 cm³/mol. The molecule has 1 aromatic rings. The third-order valence-electron chi connectivity index (χ3n) is 4.15. The Bertz CT molecular complexity index is 353. The Hall–Kier alpha value is -0.860. The Morgan fingerprint density at radius 2 is 1.79 bits per heavy atom. The van der Waals surface area contributed by atoms with Crippen LogP contribution >= 0.6 is 0 Å². The summed E-state index contributed by atoms with van der Waals surface area (Å²) in [5.41, 5.74) is 7.49. The van der Waals surface area contributed by atoms with Crippen LogP contribution in [-0.4, -0.2) is 30.1 Å². The molecular weight excluding hydrogens is 232 g/mol. The first-order valence-electron chi connectivity index (χ1n) is 7.68. The topological polar surface area (TPSA) is 29.3 Å². The van der Waals surface area contributed by atoms with E-state index in [-0.39, 0.29) is 0 Å². The lowest BCUT2D eigenvalue weighted by molar-refractivity contribution is 0.135. The van der Waals surface area contributed by atoms with Crippen molar-refractivity contribution in [1.29, 1.82) is 0 Å². The molecule has 1 heterocycles. The first-order valence-corrected chi connectivity index (χ1v) is 7.68. The van der Waals surface area contributed by atoms with Gasteiger partial charge in [0.05, 0.1) is 0 Å². The van der Waals surface area contributed by atoms with E-state index in [0.29, 0.717) is 12.1 Å². The van der Waals surface area contributed by atoms with Crippen LogP contribution in [0.2, 0.25) is 0 Å². The molecule has 2 nitrogen and oxygen atoms in total. The van der Waals surface area contributed by atoms with E-state index in [1.807, 2.05) is 0 Å². The van der Waals surface area contributed by atoms with Crippen molar-refractivity contribution in [3.05, 3.63) is 35.9 Å². The standard InChI is InChI=1S/C17H28N2/c1-14(2)12-17(13-15-6-4-3-5-7-15)19-10-8-16(18)9-11-19/h3-7,14,16-17H,8-13,18H2,1-2H3. The molecule has 0 bridgehead atoms. The van der Waals surface area contributed by atoms with Gasteiger partial charge in [0.1, 0.15) is 0 Å². The summed E-state index contributed by atoms with van der Waals surface area (Å²) < 4.78 is 0. The van der Waals surface area contributed by atoms with Gasteiger partial charge in [0, 0.05) is 12.1 Å². The summed E-state index contributed by atoms with van der Waals surface area (Å²) in [6.07, 6.45) is 4.77. The number of benzene rings is 1. The molecule has 1 aliphatic heterocycles. The molecule has 1 unspecified atom stereocenters. The maximum absolute atomic E-state index is 6.02. The highest BCUT2D eigenvalue weighted by Crippen LogP contribution is 2.20. The summed E-state index contributed by atoms with van der Waals surface area (Å²) in [6.45, 7) is 7.00. The van der Waals surface area contributed by atoms with Crippen LogP contribution in [-0.2, 0) is 6.42 Å². The minimum absolute atomic E-state index is 0.424. The molecule has 106 valence electrons. The van der Waals surface area contributed by atoms with Gasteiger partial charge in [0.15, 0.2) is 0 Å². The molecule has 2 rings (SSSR count). The molecule has 0 amide bonds. The molecule has 1 saturated heterocycles. The first-order chi connectivity index (χ1) is 9.15.